The number of amides is 1. The van der Waals surface area contributed by atoms with Crippen molar-refractivity contribution in [1.29, 1.82) is 0 Å². The van der Waals surface area contributed by atoms with E-state index in [0.717, 1.165) is 11.1 Å². The molecule has 0 aromatic heterocycles. The molecule has 0 fully saturated rings. The van der Waals surface area contributed by atoms with E-state index in [9.17, 15) is 4.79 Å². The number of aryl methyl sites for hydroxylation is 1. The summed E-state index contributed by atoms with van der Waals surface area (Å²) in [4.78, 5) is 16.8. The van der Waals surface area contributed by atoms with Crippen LogP contribution in [-0.4, -0.2) is 23.8 Å². The van der Waals surface area contributed by atoms with Gasteiger partial charge in [0.2, 0.25) is 5.96 Å². The fourth-order valence-corrected chi connectivity index (χ4v) is 1.56. The molecule has 82 valence electrons. The zero-order chi connectivity index (χ0) is 11.7. The van der Waals surface area contributed by atoms with Crippen LogP contribution in [0.15, 0.2) is 35.0 Å². The number of carbonyl (C=O) groups is 1. The Kier molecular flexibility index (Phi) is 2.48. The molecular formula is C12H13N3O. The molecule has 1 aromatic carbocycles. The number of benzene rings is 1. The summed E-state index contributed by atoms with van der Waals surface area (Å²) in [5.74, 6) is -0.0481. The summed E-state index contributed by atoms with van der Waals surface area (Å²) in [6.07, 6.45) is 1.81. The topological polar surface area (TPSA) is 58.7 Å². The van der Waals surface area contributed by atoms with E-state index in [2.05, 4.69) is 4.99 Å². The number of guanidine groups is 1. The lowest BCUT2D eigenvalue weighted by Gasteiger charge is -2.11. The first kappa shape index (κ1) is 10.4. The van der Waals surface area contributed by atoms with Gasteiger partial charge in [-0.05, 0) is 24.1 Å². The summed E-state index contributed by atoms with van der Waals surface area (Å²) < 4.78 is 0. The number of aliphatic imine (C=N–C) groups is 1. The first-order chi connectivity index (χ1) is 7.59. The SMILES string of the molecule is Cc1ccccc1/C=C1/C(=O)N=C(N)N1C. The Morgan fingerprint density at radius 2 is 2.06 bits per heavy atom. The average Bonchev–Trinajstić information content (AvgIpc) is 2.48. The van der Waals surface area contributed by atoms with E-state index in [-0.39, 0.29) is 11.9 Å². The van der Waals surface area contributed by atoms with Crippen LogP contribution in [0, 0.1) is 6.92 Å². The second kappa shape index (κ2) is 3.81. The minimum atomic E-state index is -0.289. The predicted molar refractivity (Wildman–Crippen MR) is 63.5 cm³/mol. The molecule has 0 unspecified atom stereocenters. The van der Waals surface area contributed by atoms with E-state index in [1.807, 2.05) is 31.2 Å². The lowest BCUT2D eigenvalue weighted by atomic mass is 10.1. The van der Waals surface area contributed by atoms with Crippen molar-refractivity contribution in [2.45, 2.75) is 6.92 Å². The van der Waals surface area contributed by atoms with Gasteiger partial charge in [-0.3, -0.25) is 4.79 Å². The molecule has 0 radical (unpaired) electrons. The fourth-order valence-electron chi connectivity index (χ4n) is 1.56. The van der Waals surface area contributed by atoms with Crippen molar-refractivity contribution in [1.82, 2.24) is 4.90 Å². The maximum absolute atomic E-state index is 11.5. The molecule has 4 nitrogen and oxygen atoms in total. The number of likely N-dealkylation sites (N-methyl/N-ethyl adjacent to an activating group) is 1. The molecular weight excluding hydrogens is 202 g/mol. The Bertz CT molecular complexity index is 503. The van der Waals surface area contributed by atoms with Crippen LogP contribution < -0.4 is 5.73 Å². The average molecular weight is 215 g/mol. The Balaban J connectivity index is 2.40. The summed E-state index contributed by atoms with van der Waals surface area (Å²) in [6, 6.07) is 7.85. The van der Waals surface area contributed by atoms with Crippen LogP contribution in [0.5, 0.6) is 0 Å². The molecule has 0 bridgehead atoms. The van der Waals surface area contributed by atoms with Gasteiger partial charge in [0, 0.05) is 7.05 Å². The first-order valence-electron chi connectivity index (χ1n) is 4.99. The van der Waals surface area contributed by atoms with Crippen LogP contribution in [0.2, 0.25) is 0 Å². The van der Waals surface area contributed by atoms with Gasteiger partial charge in [0.05, 0.1) is 0 Å². The zero-order valence-electron chi connectivity index (χ0n) is 9.27. The summed E-state index contributed by atoms with van der Waals surface area (Å²) in [5, 5.41) is 0. The lowest BCUT2D eigenvalue weighted by molar-refractivity contribution is -0.114. The van der Waals surface area contributed by atoms with Gasteiger partial charge in [0.15, 0.2) is 0 Å². The third-order valence-electron chi connectivity index (χ3n) is 2.62. The van der Waals surface area contributed by atoms with Crippen LogP contribution in [0.1, 0.15) is 11.1 Å². The summed E-state index contributed by atoms with van der Waals surface area (Å²) in [7, 11) is 1.73. The predicted octanol–water partition coefficient (Wildman–Crippen LogP) is 1.12. The molecule has 2 rings (SSSR count). The van der Waals surface area contributed by atoms with Crippen molar-refractivity contribution < 1.29 is 4.79 Å². The molecule has 0 aliphatic carbocycles. The molecule has 1 heterocycles. The number of nitrogens with two attached hydrogens (primary N) is 1. The van der Waals surface area contributed by atoms with E-state index in [4.69, 9.17) is 5.73 Å². The van der Waals surface area contributed by atoms with Gasteiger partial charge >= 0.3 is 0 Å². The van der Waals surface area contributed by atoms with Gasteiger partial charge in [-0.1, -0.05) is 24.3 Å². The highest BCUT2D eigenvalue weighted by Gasteiger charge is 2.24. The Hall–Kier alpha value is -2.10. The Labute approximate surface area is 94.1 Å². The maximum atomic E-state index is 11.5. The molecule has 2 N–H and O–H groups in total. The third kappa shape index (κ3) is 1.69. The van der Waals surface area contributed by atoms with E-state index in [1.165, 1.54) is 0 Å². The number of nitrogens with zero attached hydrogens (tertiary/aromatic N) is 2. The fraction of sp³-hybridized carbons (Fsp3) is 0.167. The van der Waals surface area contributed by atoms with Crippen molar-refractivity contribution in [3.63, 3.8) is 0 Å². The van der Waals surface area contributed by atoms with Gasteiger partial charge in [-0.15, -0.1) is 0 Å². The molecule has 1 amide bonds. The number of hydrogen-bond acceptors (Lipinski definition) is 3. The number of hydrogen-bond donors (Lipinski definition) is 1. The van der Waals surface area contributed by atoms with Crippen LogP contribution in [0.3, 0.4) is 0 Å². The second-order valence-corrected chi connectivity index (χ2v) is 3.72. The third-order valence-corrected chi connectivity index (χ3v) is 2.62. The number of rotatable bonds is 1. The van der Waals surface area contributed by atoms with Crippen molar-refractivity contribution in [3.05, 3.63) is 41.1 Å². The van der Waals surface area contributed by atoms with E-state index in [0.29, 0.717) is 5.70 Å². The van der Waals surface area contributed by atoms with Crippen LogP contribution in [-0.2, 0) is 4.79 Å². The monoisotopic (exact) mass is 215 g/mol. The van der Waals surface area contributed by atoms with Crippen LogP contribution >= 0.6 is 0 Å². The van der Waals surface area contributed by atoms with Crippen LogP contribution in [0.4, 0.5) is 0 Å². The molecule has 1 aliphatic rings. The molecule has 4 heteroatoms. The van der Waals surface area contributed by atoms with Crippen molar-refractivity contribution in [3.8, 4) is 0 Å². The maximum Gasteiger partial charge on any atom is 0.296 e. The van der Waals surface area contributed by atoms with E-state index >= 15 is 0 Å². The van der Waals surface area contributed by atoms with Gasteiger partial charge in [-0.25, -0.2) is 0 Å². The van der Waals surface area contributed by atoms with Gasteiger partial charge in [0.1, 0.15) is 5.70 Å². The zero-order valence-corrected chi connectivity index (χ0v) is 9.27. The second-order valence-electron chi connectivity index (χ2n) is 3.72. The standard InChI is InChI=1S/C12H13N3O/c1-8-5-3-4-6-9(8)7-10-11(16)14-12(13)15(10)2/h3-7H,1-2H3,(H2,13,14,16)/b10-7-. The summed E-state index contributed by atoms with van der Waals surface area (Å²) >= 11 is 0. The molecule has 0 spiro atoms. The van der Waals surface area contributed by atoms with Crippen molar-refractivity contribution in [2.24, 2.45) is 10.7 Å². The first-order valence-corrected chi connectivity index (χ1v) is 4.99. The quantitative estimate of drug-likeness (QED) is 0.714. The molecule has 0 saturated heterocycles. The van der Waals surface area contributed by atoms with Crippen molar-refractivity contribution >= 4 is 17.9 Å². The highest BCUT2D eigenvalue weighted by atomic mass is 16.2. The Morgan fingerprint density at radius 1 is 1.38 bits per heavy atom. The van der Waals surface area contributed by atoms with E-state index < -0.39 is 0 Å². The minimum Gasteiger partial charge on any atom is -0.369 e. The largest absolute Gasteiger partial charge is 0.369 e. The lowest BCUT2D eigenvalue weighted by Crippen LogP contribution is -2.28. The highest BCUT2D eigenvalue weighted by molar-refractivity contribution is 6.12. The molecule has 1 aliphatic heterocycles. The molecule has 16 heavy (non-hydrogen) atoms. The Morgan fingerprint density at radius 3 is 2.62 bits per heavy atom. The normalized spacial score (nSPS) is 18.1. The molecule has 0 saturated carbocycles. The van der Waals surface area contributed by atoms with Gasteiger partial charge in [-0.2, -0.15) is 4.99 Å². The highest BCUT2D eigenvalue weighted by Crippen LogP contribution is 2.18. The van der Waals surface area contributed by atoms with E-state index in [1.54, 1.807) is 18.0 Å². The van der Waals surface area contributed by atoms with Crippen LogP contribution in [0.25, 0.3) is 6.08 Å². The van der Waals surface area contributed by atoms with Crippen molar-refractivity contribution in [2.75, 3.05) is 7.05 Å². The molecule has 0 atom stereocenters. The molecule has 1 aromatic rings. The van der Waals surface area contributed by atoms with Gasteiger partial charge in [0.25, 0.3) is 5.91 Å². The summed E-state index contributed by atoms with van der Waals surface area (Å²) in [5.41, 5.74) is 8.19. The van der Waals surface area contributed by atoms with Gasteiger partial charge < -0.3 is 10.6 Å². The summed E-state index contributed by atoms with van der Waals surface area (Å²) in [6.45, 7) is 2.00. The minimum absolute atomic E-state index is 0.241. The number of carbonyl (C=O) groups excluding carboxylic acids is 1. The smallest absolute Gasteiger partial charge is 0.296 e.